The number of hydrogen-bond acceptors (Lipinski definition) is 4. The first-order valence-corrected chi connectivity index (χ1v) is 7.53. The number of carbonyl (C=O) groups excluding carboxylic acids is 1. The molecule has 0 heterocycles. The van der Waals surface area contributed by atoms with E-state index in [4.69, 9.17) is 9.84 Å². The van der Waals surface area contributed by atoms with Gasteiger partial charge < -0.3 is 15.2 Å². The highest BCUT2D eigenvalue weighted by Crippen LogP contribution is 2.17. The Morgan fingerprint density at radius 3 is 2.90 bits per heavy atom. The van der Waals surface area contributed by atoms with Crippen LogP contribution in [-0.2, 0) is 20.1 Å². The molecule has 2 N–H and O–H groups in total. The fourth-order valence-corrected chi connectivity index (χ4v) is 2.36. The second-order valence-corrected chi connectivity index (χ2v) is 5.19. The van der Waals surface area contributed by atoms with Crippen LogP contribution in [-0.4, -0.2) is 35.9 Å². The number of carboxylic acid groups (broad SMARTS) is 1. The first-order chi connectivity index (χ1) is 9.61. The summed E-state index contributed by atoms with van der Waals surface area (Å²) in [5, 5.41) is 11.3. The van der Waals surface area contributed by atoms with Crippen molar-refractivity contribution in [3.63, 3.8) is 0 Å². The molecule has 0 fully saturated rings. The molecule has 0 aliphatic heterocycles. The summed E-state index contributed by atoms with van der Waals surface area (Å²) < 4.78 is 5.03. The molecule has 1 aromatic rings. The van der Waals surface area contributed by atoms with Crippen molar-refractivity contribution in [1.82, 2.24) is 0 Å². The van der Waals surface area contributed by atoms with Gasteiger partial charge in [0.2, 0.25) is 5.91 Å². The number of benzene rings is 1. The average Bonchev–Trinajstić information content (AvgIpc) is 2.41. The fraction of sp³-hybridized carbons (Fsp3) is 0.429. The third kappa shape index (κ3) is 7.16. The molecule has 0 bridgehead atoms. The first kappa shape index (κ1) is 16.5. The van der Waals surface area contributed by atoms with E-state index in [1.165, 1.54) is 0 Å². The highest BCUT2D eigenvalue weighted by Gasteiger charge is 2.03. The van der Waals surface area contributed by atoms with Crippen LogP contribution in [0.4, 0.5) is 5.69 Å². The van der Waals surface area contributed by atoms with Gasteiger partial charge in [0.15, 0.2) is 0 Å². The number of nitrogens with one attached hydrogen (secondary N) is 1. The van der Waals surface area contributed by atoms with Gasteiger partial charge in [-0.05, 0) is 24.6 Å². The van der Waals surface area contributed by atoms with E-state index in [1.54, 1.807) is 11.8 Å². The molecule has 0 saturated carbocycles. The monoisotopic (exact) mass is 297 g/mol. The zero-order valence-corrected chi connectivity index (χ0v) is 12.2. The molecule has 20 heavy (non-hydrogen) atoms. The molecule has 0 spiro atoms. The van der Waals surface area contributed by atoms with E-state index in [0.29, 0.717) is 12.4 Å². The molecule has 0 unspecified atom stereocenters. The van der Waals surface area contributed by atoms with Gasteiger partial charge in [0.25, 0.3) is 0 Å². The summed E-state index contributed by atoms with van der Waals surface area (Å²) >= 11 is 1.56. The third-order valence-corrected chi connectivity index (χ3v) is 3.41. The van der Waals surface area contributed by atoms with Gasteiger partial charge in [-0.25, -0.2) is 0 Å². The Labute approximate surface area is 122 Å². The molecular formula is C14H19NO4S. The van der Waals surface area contributed by atoms with Crippen molar-refractivity contribution >= 4 is 29.3 Å². The van der Waals surface area contributed by atoms with E-state index in [-0.39, 0.29) is 18.9 Å². The van der Waals surface area contributed by atoms with Crippen LogP contribution in [0.15, 0.2) is 24.3 Å². The molecule has 0 aliphatic carbocycles. The summed E-state index contributed by atoms with van der Waals surface area (Å²) in [6.07, 6.45) is 0.162. The molecule has 5 nitrogen and oxygen atoms in total. The Hall–Kier alpha value is -1.53. The number of rotatable bonds is 9. The lowest BCUT2D eigenvalue weighted by atomic mass is 10.2. The number of hydrogen-bond donors (Lipinski definition) is 2. The number of aliphatic carboxylic acids is 1. The molecule has 1 aromatic carbocycles. The minimum absolute atomic E-state index is 0.0497. The van der Waals surface area contributed by atoms with Crippen LogP contribution in [0.3, 0.4) is 0 Å². The smallest absolute Gasteiger partial charge is 0.304 e. The molecule has 0 radical (unpaired) electrons. The predicted octanol–water partition coefficient (Wildman–Crippen LogP) is 2.37. The number of thioether (sulfide) groups is 1. The van der Waals surface area contributed by atoms with Crippen LogP contribution in [0.1, 0.15) is 18.9 Å². The average molecular weight is 297 g/mol. The molecule has 1 amide bonds. The van der Waals surface area contributed by atoms with Crippen molar-refractivity contribution in [3.8, 4) is 0 Å². The summed E-state index contributed by atoms with van der Waals surface area (Å²) in [5.74, 6) is 0.343. The van der Waals surface area contributed by atoms with Gasteiger partial charge in [-0.1, -0.05) is 12.1 Å². The van der Waals surface area contributed by atoms with Crippen molar-refractivity contribution in [3.05, 3.63) is 29.8 Å². The summed E-state index contributed by atoms with van der Waals surface area (Å²) in [5.41, 5.74) is 1.78. The van der Waals surface area contributed by atoms with Crippen molar-refractivity contribution in [1.29, 1.82) is 0 Å². The van der Waals surface area contributed by atoms with Crippen molar-refractivity contribution < 1.29 is 19.4 Å². The third-order valence-electron chi connectivity index (χ3n) is 2.38. The number of anilines is 1. The molecule has 0 aliphatic rings. The lowest BCUT2D eigenvalue weighted by molar-refractivity contribution is -0.136. The van der Waals surface area contributed by atoms with Gasteiger partial charge in [-0.15, -0.1) is 0 Å². The Kier molecular flexibility index (Phi) is 7.75. The van der Waals surface area contributed by atoms with Crippen molar-refractivity contribution in [2.75, 3.05) is 24.3 Å². The zero-order valence-electron chi connectivity index (χ0n) is 11.4. The molecule has 0 aromatic heterocycles. The van der Waals surface area contributed by atoms with Crippen LogP contribution < -0.4 is 5.32 Å². The number of ether oxygens (including phenoxy) is 1. The van der Waals surface area contributed by atoms with E-state index in [0.717, 1.165) is 17.0 Å². The lowest BCUT2D eigenvalue weighted by Crippen LogP contribution is -2.18. The van der Waals surface area contributed by atoms with Crippen LogP contribution in [0, 0.1) is 0 Å². The van der Waals surface area contributed by atoms with E-state index >= 15 is 0 Å². The minimum atomic E-state index is -0.783. The maximum Gasteiger partial charge on any atom is 0.304 e. The minimum Gasteiger partial charge on any atom is -0.481 e. The normalized spacial score (nSPS) is 10.2. The van der Waals surface area contributed by atoms with E-state index in [9.17, 15) is 9.59 Å². The fourth-order valence-electron chi connectivity index (χ4n) is 1.48. The Bertz CT molecular complexity index is 451. The first-order valence-electron chi connectivity index (χ1n) is 6.38. The SMILES string of the molecule is CCOCC(=O)Nc1cccc(CSCCC(=O)O)c1. The van der Waals surface area contributed by atoms with Gasteiger partial charge in [-0.2, -0.15) is 11.8 Å². The van der Waals surface area contributed by atoms with E-state index in [1.807, 2.05) is 31.2 Å². The second-order valence-electron chi connectivity index (χ2n) is 4.08. The van der Waals surface area contributed by atoms with Gasteiger partial charge in [0.1, 0.15) is 6.61 Å². The van der Waals surface area contributed by atoms with Gasteiger partial charge in [0, 0.05) is 23.8 Å². The number of amides is 1. The summed E-state index contributed by atoms with van der Waals surface area (Å²) in [4.78, 5) is 21.9. The summed E-state index contributed by atoms with van der Waals surface area (Å²) in [6, 6.07) is 7.52. The van der Waals surface area contributed by atoms with Crippen LogP contribution in [0.25, 0.3) is 0 Å². The summed E-state index contributed by atoms with van der Waals surface area (Å²) in [6.45, 7) is 2.39. The highest BCUT2D eigenvalue weighted by atomic mass is 32.2. The summed E-state index contributed by atoms with van der Waals surface area (Å²) in [7, 11) is 0. The van der Waals surface area contributed by atoms with E-state index < -0.39 is 5.97 Å². The van der Waals surface area contributed by atoms with Gasteiger partial charge >= 0.3 is 5.97 Å². The quantitative estimate of drug-likeness (QED) is 0.684. The van der Waals surface area contributed by atoms with Crippen molar-refractivity contribution in [2.45, 2.75) is 19.1 Å². The molecule has 6 heteroatoms. The molecular weight excluding hydrogens is 278 g/mol. The molecule has 0 atom stereocenters. The standard InChI is InChI=1S/C14H19NO4S/c1-2-19-9-13(16)15-12-5-3-4-11(8-12)10-20-7-6-14(17)18/h3-5,8H,2,6-7,9-10H2,1H3,(H,15,16)(H,17,18). The largest absolute Gasteiger partial charge is 0.481 e. The van der Waals surface area contributed by atoms with E-state index in [2.05, 4.69) is 5.32 Å². The van der Waals surface area contributed by atoms with Crippen LogP contribution in [0.5, 0.6) is 0 Å². The Balaban J connectivity index is 2.40. The molecule has 110 valence electrons. The maximum absolute atomic E-state index is 11.5. The Morgan fingerprint density at radius 1 is 1.40 bits per heavy atom. The highest BCUT2D eigenvalue weighted by molar-refractivity contribution is 7.98. The zero-order chi connectivity index (χ0) is 14.8. The van der Waals surface area contributed by atoms with Crippen LogP contribution >= 0.6 is 11.8 Å². The van der Waals surface area contributed by atoms with Gasteiger partial charge in [-0.3, -0.25) is 9.59 Å². The molecule has 1 rings (SSSR count). The number of carboxylic acids is 1. The maximum atomic E-state index is 11.5. The van der Waals surface area contributed by atoms with Crippen molar-refractivity contribution in [2.24, 2.45) is 0 Å². The van der Waals surface area contributed by atoms with Gasteiger partial charge in [0.05, 0.1) is 6.42 Å². The second kappa shape index (κ2) is 9.39. The molecule has 0 saturated heterocycles. The number of carbonyl (C=O) groups is 2. The topological polar surface area (TPSA) is 75.6 Å². The lowest BCUT2D eigenvalue weighted by Gasteiger charge is -2.07. The Morgan fingerprint density at radius 2 is 2.20 bits per heavy atom. The predicted molar refractivity (Wildman–Crippen MR) is 80.0 cm³/mol. The van der Waals surface area contributed by atoms with Crippen LogP contribution in [0.2, 0.25) is 0 Å².